The number of hydrogen-bond acceptors (Lipinski definition) is 6. The Bertz CT molecular complexity index is 674. The van der Waals surface area contributed by atoms with Crippen LogP contribution in [0.5, 0.6) is 0 Å². The van der Waals surface area contributed by atoms with Crippen LogP contribution in [0.2, 0.25) is 0 Å². The molecule has 0 spiro atoms. The van der Waals surface area contributed by atoms with Crippen molar-refractivity contribution in [3.63, 3.8) is 0 Å². The predicted molar refractivity (Wildman–Crippen MR) is 83.1 cm³/mol. The quantitative estimate of drug-likeness (QED) is 0.853. The minimum absolute atomic E-state index is 0.0188. The summed E-state index contributed by atoms with van der Waals surface area (Å²) in [5.74, 6) is -0.0211. The van der Waals surface area contributed by atoms with Crippen LogP contribution in [-0.4, -0.2) is 58.6 Å². The second kappa shape index (κ2) is 6.96. The Balaban J connectivity index is 1.56. The van der Waals surface area contributed by atoms with E-state index in [0.29, 0.717) is 38.9 Å². The summed E-state index contributed by atoms with van der Waals surface area (Å²) in [6, 6.07) is -0.0188. The maximum Gasteiger partial charge on any atom is 0.419 e. The van der Waals surface area contributed by atoms with E-state index in [1.807, 2.05) is 0 Å². The van der Waals surface area contributed by atoms with E-state index in [2.05, 4.69) is 9.97 Å². The third kappa shape index (κ3) is 3.81. The van der Waals surface area contributed by atoms with Gasteiger partial charge >= 0.3 is 12.3 Å². The summed E-state index contributed by atoms with van der Waals surface area (Å²) >= 11 is 0. The van der Waals surface area contributed by atoms with Gasteiger partial charge in [-0.3, -0.25) is 4.79 Å². The Morgan fingerprint density at radius 2 is 1.77 bits per heavy atom. The number of amides is 2. The SMILES string of the molecule is NC(=O)OC1CCN(C2CCN(c3ncc(C(F)(F)F)cn3)CC2)C1=O. The molecule has 1 atom stereocenters. The number of hydrogen-bond donors (Lipinski definition) is 1. The lowest BCUT2D eigenvalue weighted by Gasteiger charge is -2.36. The third-order valence-corrected chi connectivity index (χ3v) is 4.60. The molecule has 3 rings (SSSR count). The van der Waals surface area contributed by atoms with Gasteiger partial charge < -0.3 is 20.3 Å². The van der Waals surface area contributed by atoms with Gasteiger partial charge in [0.15, 0.2) is 6.10 Å². The van der Waals surface area contributed by atoms with Crippen LogP contribution in [0, 0.1) is 0 Å². The number of likely N-dealkylation sites (tertiary alicyclic amines) is 1. The summed E-state index contributed by atoms with van der Waals surface area (Å²) in [6.07, 6.45) is -3.08. The van der Waals surface area contributed by atoms with Crippen LogP contribution in [0.15, 0.2) is 12.4 Å². The number of nitrogens with two attached hydrogens (primary N) is 1. The summed E-state index contributed by atoms with van der Waals surface area (Å²) in [4.78, 5) is 34.1. The molecule has 26 heavy (non-hydrogen) atoms. The van der Waals surface area contributed by atoms with E-state index in [9.17, 15) is 22.8 Å². The van der Waals surface area contributed by atoms with Crippen molar-refractivity contribution in [2.24, 2.45) is 5.73 Å². The summed E-state index contributed by atoms with van der Waals surface area (Å²) in [5, 5.41) is 0. The van der Waals surface area contributed by atoms with Gasteiger partial charge in [0.1, 0.15) is 0 Å². The van der Waals surface area contributed by atoms with Crippen molar-refractivity contribution in [3.05, 3.63) is 18.0 Å². The van der Waals surface area contributed by atoms with E-state index in [1.165, 1.54) is 0 Å². The molecule has 0 bridgehead atoms. The van der Waals surface area contributed by atoms with Crippen LogP contribution < -0.4 is 10.6 Å². The number of nitrogens with zero attached hydrogens (tertiary/aromatic N) is 4. The molecule has 8 nitrogen and oxygen atoms in total. The fourth-order valence-electron chi connectivity index (χ4n) is 3.30. The molecule has 1 aromatic heterocycles. The standard InChI is InChI=1S/C15H18F3N5O3/c16-15(17,18)9-7-20-14(21-8-9)22-4-1-10(2-5-22)23-6-3-11(12(23)24)26-13(19)25/h7-8,10-11H,1-6H2,(H2,19,25). The molecule has 0 aliphatic carbocycles. The van der Waals surface area contributed by atoms with Gasteiger partial charge in [-0.05, 0) is 12.8 Å². The summed E-state index contributed by atoms with van der Waals surface area (Å²) in [6.45, 7) is 1.51. The number of ether oxygens (including phenoxy) is 1. The minimum Gasteiger partial charge on any atom is -0.436 e. The van der Waals surface area contributed by atoms with Gasteiger partial charge in [-0.15, -0.1) is 0 Å². The van der Waals surface area contributed by atoms with E-state index >= 15 is 0 Å². The van der Waals surface area contributed by atoms with Crippen molar-refractivity contribution in [2.45, 2.75) is 37.6 Å². The monoisotopic (exact) mass is 373 g/mol. The molecular formula is C15H18F3N5O3. The number of primary amides is 1. The van der Waals surface area contributed by atoms with Crippen LogP contribution in [0.1, 0.15) is 24.8 Å². The highest BCUT2D eigenvalue weighted by Gasteiger charge is 2.39. The zero-order valence-electron chi connectivity index (χ0n) is 13.8. The second-order valence-corrected chi connectivity index (χ2v) is 6.23. The summed E-state index contributed by atoms with van der Waals surface area (Å²) < 4.78 is 42.5. The maximum atomic E-state index is 12.6. The largest absolute Gasteiger partial charge is 0.436 e. The van der Waals surface area contributed by atoms with Crippen LogP contribution in [0.3, 0.4) is 0 Å². The number of rotatable bonds is 3. The van der Waals surface area contributed by atoms with Crippen LogP contribution >= 0.6 is 0 Å². The number of carbonyl (C=O) groups excluding carboxylic acids is 2. The zero-order valence-corrected chi connectivity index (χ0v) is 13.8. The fourth-order valence-corrected chi connectivity index (χ4v) is 3.30. The molecule has 2 saturated heterocycles. The maximum absolute atomic E-state index is 12.6. The molecule has 11 heteroatoms. The minimum atomic E-state index is -4.47. The van der Waals surface area contributed by atoms with Crippen LogP contribution in [0.25, 0.3) is 0 Å². The highest BCUT2D eigenvalue weighted by atomic mass is 19.4. The van der Waals surface area contributed by atoms with Crippen LogP contribution in [-0.2, 0) is 15.7 Å². The number of halogens is 3. The Kier molecular flexibility index (Phi) is 4.88. The molecule has 2 N–H and O–H groups in total. The van der Waals surface area contributed by atoms with Crippen LogP contribution in [0.4, 0.5) is 23.9 Å². The summed E-state index contributed by atoms with van der Waals surface area (Å²) in [5.41, 5.74) is 4.07. The number of anilines is 1. The van der Waals surface area contributed by atoms with Gasteiger partial charge in [0, 0.05) is 44.5 Å². The molecule has 2 aliphatic heterocycles. The first-order chi connectivity index (χ1) is 12.3. The fraction of sp³-hybridized carbons (Fsp3) is 0.600. The summed E-state index contributed by atoms with van der Waals surface area (Å²) in [7, 11) is 0. The lowest BCUT2D eigenvalue weighted by Crippen LogP contribution is -2.47. The molecule has 1 aromatic rings. The van der Waals surface area contributed by atoms with Crippen molar-refractivity contribution in [1.82, 2.24) is 14.9 Å². The topological polar surface area (TPSA) is 102 Å². The van der Waals surface area contributed by atoms with Gasteiger partial charge in [0.2, 0.25) is 5.95 Å². The lowest BCUT2D eigenvalue weighted by molar-refractivity contribution is -0.138. The van der Waals surface area contributed by atoms with E-state index in [1.54, 1.807) is 9.80 Å². The predicted octanol–water partition coefficient (Wildman–Crippen LogP) is 1.16. The molecule has 2 aliphatic rings. The molecule has 0 saturated carbocycles. The highest BCUT2D eigenvalue weighted by molar-refractivity contribution is 5.85. The average molecular weight is 373 g/mol. The second-order valence-electron chi connectivity index (χ2n) is 6.23. The van der Waals surface area contributed by atoms with E-state index in [4.69, 9.17) is 10.5 Å². The van der Waals surface area contributed by atoms with E-state index in [-0.39, 0.29) is 17.9 Å². The molecule has 0 aromatic carbocycles. The Morgan fingerprint density at radius 3 is 2.31 bits per heavy atom. The number of piperidine rings is 1. The van der Waals surface area contributed by atoms with Crippen molar-refractivity contribution in [1.29, 1.82) is 0 Å². The van der Waals surface area contributed by atoms with Gasteiger partial charge in [-0.1, -0.05) is 0 Å². The smallest absolute Gasteiger partial charge is 0.419 e. The highest BCUT2D eigenvalue weighted by Crippen LogP contribution is 2.29. The number of alkyl halides is 3. The molecular weight excluding hydrogens is 355 g/mol. The molecule has 2 fully saturated rings. The van der Waals surface area contributed by atoms with Gasteiger partial charge in [0.25, 0.3) is 5.91 Å². The molecule has 2 amide bonds. The third-order valence-electron chi connectivity index (χ3n) is 4.60. The first-order valence-corrected chi connectivity index (χ1v) is 8.16. The van der Waals surface area contributed by atoms with Crippen molar-refractivity contribution >= 4 is 17.9 Å². The Hall–Kier alpha value is -2.59. The lowest BCUT2D eigenvalue weighted by atomic mass is 10.0. The average Bonchev–Trinajstić information content (AvgIpc) is 2.94. The Morgan fingerprint density at radius 1 is 1.15 bits per heavy atom. The zero-order chi connectivity index (χ0) is 18.9. The first-order valence-electron chi connectivity index (χ1n) is 8.16. The van der Waals surface area contributed by atoms with Crippen molar-refractivity contribution < 1.29 is 27.5 Å². The van der Waals surface area contributed by atoms with Gasteiger partial charge in [-0.2, -0.15) is 13.2 Å². The van der Waals surface area contributed by atoms with Gasteiger partial charge in [-0.25, -0.2) is 14.8 Å². The molecule has 1 unspecified atom stereocenters. The Labute approximate surface area is 147 Å². The van der Waals surface area contributed by atoms with E-state index < -0.39 is 23.9 Å². The first kappa shape index (κ1) is 18.2. The normalized spacial score (nSPS) is 22.0. The number of aromatic nitrogens is 2. The van der Waals surface area contributed by atoms with Crippen molar-refractivity contribution in [2.75, 3.05) is 24.5 Å². The van der Waals surface area contributed by atoms with Crippen molar-refractivity contribution in [3.8, 4) is 0 Å². The van der Waals surface area contributed by atoms with E-state index in [0.717, 1.165) is 12.4 Å². The molecule has 142 valence electrons. The molecule has 3 heterocycles. The van der Waals surface area contributed by atoms with Gasteiger partial charge in [0.05, 0.1) is 5.56 Å². The number of carbonyl (C=O) groups is 2. The molecule has 0 radical (unpaired) electrons.